The standard InChI is InChI=1S/C15H18FN3O3/c16-11-3-1-2-10(6-11)13-7-12(20)8-18(13)9-14(21)19-5-4-17-15(19)22/h1-3,6,12-13,20H,4-5,7-9H2,(H,17,22)/t12-,13-/m1/s1. The van der Waals surface area contributed by atoms with Crippen LogP contribution in [0.5, 0.6) is 0 Å². The second-order valence-electron chi connectivity index (χ2n) is 5.67. The van der Waals surface area contributed by atoms with E-state index in [1.807, 2.05) is 0 Å². The number of hydrogen-bond acceptors (Lipinski definition) is 4. The first-order chi connectivity index (χ1) is 10.5. The van der Waals surface area contributed by atoms with Crippen LogP contribution in [-0.4, -0.2) is 59.1 Å². The molecule has 118 valence electrons. The van der Waals surface area contributed by atoms with Crippen LogP contribution in [0.4, 0.5) is 9.18 Å². The lowest BCUT2D eigenvalue weighted by atomic mass is 10.0. The van der Waals surface area contributed by atoms with Crippen LogP contribution in [0.15, 0.2) is 24.3 Å². The zero-order chi connectivity index (χ0) is 15.7. The summed E-state index contributed by atoms with van der Waals surface area (Å²) in [5.41, 5.74) is 0.732. The lowest BCUT2D eigenvalue weighted by Crippen LogP contribution is -2.42. The molecule has 2 aliphatic heterocycles. The number of hydrogen-bond donors (Lipinski definition) is 2. The molecule has 2 aliphatic rings. The first kappa shape index (κ1) is 14.9. The monoisotopic (exact) mass is 307 g/mol. The summed E-state index contributed by atoms with van der Waals surface area (Å²) < 4.78 is 13.4. The molecule has 0 radical (unpaired) electrons. The van der Waals surface area contributed by atoms with Crippen LogP contribution >= 0.6 is 0 Å². The summed E-state index contributed by atoms with van der Waals surface area (Å²) in [6.45, 7) is 1.19. The van der Waals surface area contributed by atoms with Crippen molar-refractivity contribution in [2.45, 2.75) is 18.6 Å². The Kier molecular flexibility index (Phi) is 4.08. The second kappa shape index (κ2) is 6.02. The largest absolute Gasteiger partial charge is 0.392 e. The topological polar surface area (TPSA) is 72.9 Å². The third-order valence-electron chi connectivity index (χ3n) is 4.11. The van der Waals surface area contributed by atoms with Crippen LogP contribution in [-0.2, 0) is 4.79 Å². The predicted octanol–water partition coefficient (Wildman–Crippen LogP) is 0.485. The van der Waals surface area contributed by atoms with Crippen LogP contribution in [0.2, 0.25) is 0 Å². The number of amides is 3. The summed E-state index contributed by atoms with van der Waals surface area (Å²) >= 11 is 0. The SMILES string of the molecule is O=C(CN1C[C@H](O)C[C@@H]1c1cccc(F)c1)N1CCNC1=O. The van der Waals surface area contributed by atoms with E-state index in [1.165, 1.54) is 17.0 Å². The van der Waals surface area contributed by atoms with Gasteiger partial charge in [-0.2, -0.15) is 0 Å². The van der Waals surface area contributed by atoms with E-state index in [1.54, 1.807) is 17.0 Å². The molecule has 3 rings (SSSR count). The summed E-state index contributed by atoms with van der Waals surface area (Å²) in [4.78, 5) is 26.7. The molecule has 1 aromatic carbocycles. The average molecular weight is 307 g/mol. The minimum absolute atomic E-state index is 0.0334. The molecule has 0 bridgehead atoms. The Balaban J connectivity index is 1.73. The van der Waals surface area contributed by atoms with Gasteiger partial charge in [0.15, 0.2) is 0 Å². The molecule has 3 amide bonds. The van der Waals surface area contributed by atoms with Gasteiger partial charge < -0.3 is 10.4 Å². The highest BCUT2D eigenvalue weighted by Crippen LogP contribution is 2.32. The number of carbonyl (C=O) groups excluding carboxylic acids is 2. The highest BCUT2D eigenvalue weighted by atomic mass is 19.1. The highest BCUT2D eigenvalue weighted by molar-refractivity contribution is 5.96. The van der Waals surface area contributed by atoms with Crippen molar-refractivity contribution in [3.8, 4) is 0 Å². The zero-order valence-electron chi connectivity index (χ0n) is 12.0. The second-order valence-corrected chi connectivity index (χ2v) is 5.67. The number of nitrogens with one attached hydrogen (secondary N) is 1. The van der Waals surface area contributed by atoms with Gasteiger partial charge in [0, 0.05) is 25.7 Å². The number of aliphatic hydroxyl groups is 1. The molecular weight excluding hydrogens is 289 g/mol. The number of likely N-dealkylation sites (tertiary alicyclic amines) is 1. The molecule has 0 aromatic heterocycles. The van der Waals surface area contributed by atoms with Gasteiger partial charge in [0.1, 0.15) is 5.82 Å². The summed E-state index contributed by atoms with van der Waals surface area (Å²) in [7, 11) is 0. The Morgan fingerprint density at radius 3 is 2.95 bits per heavy atom. The number of imide groups is 1. The van der Waals surface area contributed by atoms with Crippen molar-refractivity contribution >= 4 is 11.9 Å². The molecule has 2 N–H and O–H groups in total. The van der Waals surface area contributed by atoms with E-state index < -0.39 is 6.10 Å². The lowest BCUT2D eigenvalue weighted by molar-refractivity contribution is -0.129. The molecule has 2 fully saturated rings. The Labute approximate surface area is 127 Å². The Bertz CT molecular complexity index is 595. The maximum atomic E-state index is 13.4. The summed E-state index contributed by atoms with van der Waals surface area (Å²) in [6, 6.07) is 5.57. The van der Waals surface area contributed by atoms with Crippen LogP contribution < -0.4 is 5.32 Å². The minimum atomic E-state index is -0.562. The van der Waals surface area contributed by atoms with E-state index in [-0.39, 0.29) is 30.3 Å². The smallest absolute Gasteiger partial charge is 0.324 e. The minimum Gasteiger partial charge on any atom is -0.392 e. The molecule has 6 nitrogen and oxygen atoms in total. The number of rotatable bonds is 3. The van der Waals surface area contributed by atoms with Crippen molar-refractivity contribution in [3.05, 3.63) is 35.6 Å². The van der Waals surface area contributed by atoms with E-state index in [0.717, 1.165) is 5.56 Å². The maximum absolute atomic E-state index is 13.4. The van der Waals surface area contributed by atoms with Gasteiger partial charge in [-0.3, -0.25) is 14.6 Å². The number of nitrogens with zero attached hydrogens (tertiary/aromatic N) is 2. The molecule has 1 aromatic rings. The average Bonchev–Trinajstić information content (AvgIpc) is 3.05. The molecule has 0 unspecified atom stereocenters. The maximum Gasteiger partial charge on any atom is 0.324 e. The number of urea groups is 1. The number of benzene rings is 1. The lowest BCUT2D eigenvalue weighted by Gasteiger charge is -2.25. The number of β-amino-alcohol motifs (C(OH)–C–C–N with tert-alkyl or cyclic N) is 1. The van der Waals surface area contributed by atoms with Gasteiger partial charge >= 0.3 is 6.03 Å². The van der Waals surface area contributed by atoms with Crippen LogP contribution in [0.25, 0.3) is 0 Å². The van der Waals surface area contributed by atoms with Crippen molar-refractivity contribution in [3.63, 3.8) is 0 Å². The quantitative estimate of drug-likeness (QED) is 0.852. The molecule has 0 aliphatic carbocycles. The van der Waals surface area contributed by atoms with Crippen molar-refractivity contribution in [2.24, 2.45) is 0 Å². The molecule has 22 heavy (non-hydrogen) atoms. The van der Waals surface area contributed by atoms with E-state index in [0.29, 0.717) is 26.1 Å². The third kappa shape index (κ3) is 2.95. The number of aliphatic hydroxyl groups excluding tert-OH is 1. The van der Waals surface area contributed by atoms with Crippen LogP contribution in [0.1, 0.15) is 18.0 Å². The first-order valence-corrected chi connectivity index (χ1v) is 7.30. The zero-order valence-corrected chi connectivity index (χ0v) is 12.0. The molecule has 0 saturated carbocycles. The van der Waals surface area contributed by atoms with Crippen LogP contribution in [0.3, 0.4) is 0 Å². The summed E-state index contributed by atoms with van der Waals surface area (Å²) in [5, 5.41) is 12.5. The van der Waals surface area contributed by atoms with E-state index in [4.69, 9.17) is 0 Å². The van der Waals surface area contributed by atoms with E-state index in [2.05, 4.69) is 5.32 Å². The van der Waals surface area contributed by atoms with Gasteiger partial charge in [0.25, 0.3) is 0 Å². The molecular formula is C15H18FN3O3. The molecule has 2 heterocycles. The predicted molar refractivity (Wildman–Crippen MR) is 76.4 cm³/mol. The highest BCUT2D eigenvalue weighted by Gasteiger charge is 2.35. The van der Waals surface area contributed by atoms with Gasteiger partial charge in [-0.1, -0.05) is 12.1 Å². The molecule has 0 spiro atoms. The van der Waals surface area contributed by atoms with E-state index in [9.17, 15) is 19.1 Å². The van der Waals surface area contributed by atoms with Crippen molar-refractivity contribution in [2.75, 3.05) is 26.2 Å². The molecule has 2 atom stereocenters. The summed E-state index contributed by atoms with van der Waals surface area (Å²) in [6.07, 6.45) is -0.114. The van der Waals surface area contributed by atoms with E-state index >= 15 is 0 Å². The van der Waals surface area contributed by atoms with Crippen molar-refractivity contribution in [1.82, 2.24) is 15.1 Å². The van der Waals surface area contributed by atoms with Crippen molar-refractivity contribution in [1.29, 1.82) is 0 Å². The van der Waals surface area contributed by atoms with Gasteiger partial charge in [-0.15, -0.1) is 0 Å². The fourth-order valence-corrected chi connectivity index (χ4v) is 3.08. The van der Waals surface area contributed by atoms with Gasteiger partial charge in [-0.05, 0) is 24.1 Å². The Morgan fingerprint density at radius 2 is 2.27 bits per heavy atom. The molecule has 2 saturated heterocycles. The number of halogens is 1. The van der Waals surface area contributed by atoms with Gasteiger partial charge in [-0.25, -0.2) is 9.18 Å². The molecule has 7 heteroatoms. The van der Waals surface area contributed by atoms with Crippen molar-refractivity contribution < 1.29 is 19.1 Å². The third-order valence-corrected chi connectivity index (χ3v) is 4.11. The van der Waals surface area contributed by atoms with Crippen LogP contribution in [0, 0.1) is 5.82 Å². The fraction of sp³-hybridized carbons (Fsp3) is 0.467. The Hall–Kier alpha value is -1.99. The van der Waals surface area contributed by atoms with Gasteiger partial charge in [0.05, 0.1) is 12.6 Å². The van der Waals surface area contributed by atoms with Gasteiger partial charge in [0.2, 0.25) is 5.91 Å². The Morgan fingerprint density at radius 1 is 1.45 bits per heavy atom. The first-order valence-electron chi connectivity index (χ1n) is 7.30. The fourth-order valence-electron chi connectivity index (χ4n) is 3.08. The summed E-state index contributed by atoms with van der Waals surface area (Å²) in [5.74, 6) is -0.644. The normalized spacial score (nSPS) is 25.5. The number of carbonyl (C=O) groups is 2.